The SMILES string of the molecule is C#C/C(C#N)=C1/c2cc(C)ccc2-c2c1ccc1c2C(=O)c2cc(OC(F)(F)F)ccc2-1. The Kier molecular flexibility index (Phi) is 4.06. The van der Waals surface area contributed by atoms with E-state index in [1.54, 1.807) is 12.1 Å². The molecule has 0 saturated heterocycles. The summed E-state index contributed by atoms with van der Waals surface area (Å²) < 4.78 is 42.0. The molecule has 6 heteroatoms. The number of hydrogen-bond acceptors (Lipinski definition) is 3. The molecule has 2 aliphatic carbocycles. The molecule has 0 aromatic heterocycles. The lowest BCUT2D eigenvalue weighted by Crippen LogP contribution is -2.17. The molecule has 0 spiro atoms. The molecular weight excluding hydrogens is 415 g/mol. The van der Waals surface area contributed by atoms with Gasteiger partial charge < -0.3 is 4.74 Å². The third-order valence-corrected chi connectivity index (χ3v) is 5.68. The number of terminal acetylenes is 1. The molecule has 5 rings (SSSR count). The van der Waals surface area contributed by atoms with Crippen LogP contribution in [0.1, 0.15) is 32.6 Å². The molecule has 2 aliphatic rings. The number of hydrogen-bond donors (Lipinski definition) is 0. The third kappa shape index (κ3) is 2.74. The average Bonchev–Trinajstić information content (AvgIpc) is 3.20. The number of ketones is 1. The van der Waals surface area contributed by atoms with Crippen LogP contribution in [0.2, 0.25) is 0 Å². The van der Waals surface area contributed by atoms with Gasteiger partial charge in [0.15, 0.2) is 5.78 Å². The predicted molar refractivity (Wildman–Crippen MR) is 113 cm³/mol. The minimum atomic E-state index is -4.86. The number of nitrogens with zero attached hydrogens (tertiary/aromatic N) is 1. The molecule has 3 aromatic rings. The first kappa shape index (κ1) is 19.7. The summed E-state index contributed by atoms with van der Waals surface area (Å²) in [4.78, 5) is 13.4. The Hall–Kier alpha value is -4.29. The molecule has 0 fully saturated rings. The van der Waals surface area contributed by atoms with Crippen molar-refractivity contribution in [3.63, 3.8) is 0 Å². The van der Waals surface area contributed by atoms with Crippen LogP contribution in [0.3, 0.4) is 0 Å². The van der Waals surface area contributed by atoms with E-state index in [-0.39, 0.29) is 11.1 Å². The molecule has 0 saturated carbocycles. The van der Waals surface area contributed by atoms with Gasteiger partial charge in [-0.1, -0.05) is 41.8 Å². The van der Waals surface area contributed by atoms with Crippen LogP contribution in [-0.2, 0) is 0 Å². The second-order valence-corrected chi connectivity index (χ2v) is 7.55. The fraction of sp³-hybridized carbons (Fsp3) is 0.0769. The van der Waals surface area contributed by atoms with Crippen molar-refractivity contribution in [1.29, 1.82) is 5.26 Å². The predicted octanol–water partition coefficient (Wildman–Crippen LogP) is 6.04. The zero-order valence-corrected chi connectivity index (χ0v) is 16.6. The van der Waals surface area contributed by atoms with Crippen molar-refractivity contribution in [2.24, 2.45) is 0 Å². The Labute approximate surface area is 181 Å². The zero-order chi connectivity index (χ0) is 22.8. The summed E-state index contributed by atoms with van der Waals surface area (Å²) in [6, 6.07) is 15.0. The largest absolute Gasteiger partial charge is 0.573 e. The third-order valence-electron chi connectivity index (χ3n) is 5.68. The van der Waals surface area contributed by atoms with Crippen LogP contribution in [0.5, 0.6) is 5.75 Å². The Balaban J connectivity index is 1.78. The normalized spacial score (nSPS) is 14.6. The van der Waals surface area contributed by atoms with Gasteiger partial charge in [0, 0.05) is 22.3 Å². The van der Waals surface area contributed by atoms with Crippen LogP contribution < -0.4 is 4.74 Å². The monoisotopic (exact) mass is 427 g/mol. The van der Waals surface area contributed by atoms with E-state index < -0.39 is 17.9 Å². The molecule has 0 heterocycles. The first-order chi connectivity index (χ1) is 15.2. The van der Waals surface area contributed by atoms with E-state index >= 15 is 0 Å². The van der Waals surface area contributed by atoms with Crippen molar-refractivity contribution in [3.8, 4) is 46.4 Å². The van der Waals surface area contributed by atoms with Gasteiger partial charge in [-0.3, -0.25) is 4.79 Å². The fourth-order valence-electron chi connectivity index (χ4n) is 4.49. The van der Waals surface area contributed by atoms with Gasteiger partial charge in [-0.05, 0) is 52.9 Å². The fourth-order valence-corrected chi connectivity index (χ4v) is 4.49. The van der Waals surface area contributed by atoms with Gasteiger partial charge in [-0.25, -0.2) is 0 Å². The minimum Gasteiger partial charge on any atom is -0.406 e. The van der Waals surface area contributed by atoms with E-state index in [9.17, 15) is 23.2 Å². The minimum absolute atomic E-state index is 0.138. The smallest absolute Gasteiger partial charge is 0.406 e. The summed E-state index contributed by atoms with van der Waals surface area (Å²) in [7, 11) is 0. The second-order valence-electron chi connectivity index (χ2n) is 7.55. The number of benzene rings is 3. The van der Waals surface area contributed by atoms with E-state index in [2.05, 4.69) is 16.7 Å². The number of allylic oxidation sites excluding steroid dienone is 1. The zero-order valence-electron chi connectivity index (χ0n) is 16.6. The van der Waals surface area contributed by atoms with E-state index in [0.717, 1.165) is 22.8 Å². The molecule has 0 amide bonds. The number of ether oxygens (including phenoxy) is 1. The number of aryl methyl sites for hydroxylation is 1. The molecule has 3 nitrogen and oxygen atoms in total. The maximum atomic E-state index is 13.4. The Morgan fingerprint density at radius 1 is 0.906 bits per heavy atom. The number of fused-ring (bicyclic) bond motifs is 7. The molecule has 0 aliphatic heterocycles. The van der Waals surface area contributed by atoms with Crippen molar-refractivity contribution in [3.05, 3.63) is 81.9 Å². The van der Waals surface area contributed by atoms with Crippen molar-refractivity contribution in [1.82, 2.24) is 0 Å². The molecule has 0 N–H and O–H groups in total. The first-order valence-corrected chi connectivity index (χ1v) is 9.58. The van der Waals surface area contributed by atoms with Crippen molar-refractivity contribution >= 4 is 11.4 Å². The summed E-state index contributed by atoms with van der Waals surface area (Å²) in [6.45, 7) is 1.91. The van der Waals surface area contributed by atoms with Crippen molar-refractivity contribution < 1.29 is 22.7 Å². The molecule has 3 aromatic carbocycles. The van der Waals surface area contributed by atoms with E-state index in [4.69, 9.17) is 6.42 Å². The molecule has 0 unspecified atom stereocenters. The number of halogens is 3. The van der Waals surface area contributed by atoms with Crippen LogP contribution in [-0.4, -0.2) is 12.1 Å². The molecule has 154 valence electrons. The summed E-state index contributed by atoms with van der Waals surface area (Å²) in [5, 5.41) is 9.59. The Morgan fingerprint density at radius 2 is 1.59 bits per heavy atom. The highest BCUT2D eigenvalue weighted by atomic mass is 19.4. The van der Waals surface area contributed by atoms with Gasteiger partial charge in [-0.15, -0.1) is 19.6 Å². The van der Waals surface area contributed by atoms with Gasteiger partial charge >= 0.3 is 6.36 Å². The summed E-state index contributed by atoms with van der Waals surface area (Å²) in [5.74, 6) is 1.58. The number of carbonyl (C=O) groups is 1. The van der Waals surface area contributed by atoms with Crippen LogP contribution in [0, 0.1) is 30.6 Å². The summed E-state index contributed by atoms with van der Waals surface area (Å²) >= 11 is 0. The lowest BCUT2D eigenvalue weighted by Gasteiger charge is -2.09. The van der Waals surface area contributed by atoms with Crippen molar-refractivity contribution in [2.75, 3.05) is 0 Å². The Bertz CT molecular complexity index is 1460. The maximum absolute atomic E-state index is 13.4. The molecule has 0 bridgehead atoms. The molecule has 0 radical (unpaired) electrons. The van der Waals surface area contributed by atoms with Gasteiger partial charge in [-0.2, -0.15) is 5.26 Å². The molecular formula is C26H12F3NO2. The van der Waals surface area contributed by atoms with Gasteiger partial charge in [0.2, 0.25) is 0 Å². The van der Waals surface area contributed by atoms with Crippen LogP contribution in [0.25, 0.3) is 27.8 Å². The van der Waals surface area contributed by atoms with E-state index in [1.165, 1.54) is 12.1 Å². The number of carbonyl (C=O) groups excluding carboxylic acids is 1. The lowest BCUT2D eigenvalue weighted by atomic mass is 9.93. The second kappa shape index (κ2) is 6.60. The summed E-state index contributed by atoms with van der Waals surface area (Å²) in [5.41, 5.74) is 6.18. The highest BCUT2D eigenvalue weighted by molar-refractivity contribution is 6.27. The number of alkyl halides is 3. The molecule has 0 atom stereocenters. The maximum Gasteiger partial charge on any atom is 0.573 e. The quantitative estimate of drug-likeness (QED) is 0.242. The number of nitriles is 1. The van der Waals surface area contributed by atoms with Crippen LogP contribution in [0.4, 0.5) is 13.2 Å². The molecule has 32 heavy (non-hydrogen) atoms. The standard InChI is InChI=1S/C26H12F3NO2/c1-3-14(12-30)22-19-9-8-17-16-7-5-15(32-26(27,28)29)11-21(16)25(31)24(17)23(19)18-6-4-13(2)10-20(18)22/h1,4-11H,2H3/b22-14-. The topological polar surface area (TPSA) is 50.1 Å². The van der Waals surface area contributed by atoms with Crippen LogP contribution in [0.15, 0.2) is 54.1 Å². The van der Waals surface area contributed by atoms with Crippen molar-refractivity contribution in [2.45, 2.75) is 13.3 Å². The number of rotatable bonds is 1. The van der Waals surface area contributed by atoms with E-state index in [0.29, 0.717) is 33.4 Å². The average molecular weight is 427 g/mol. The van der Waals surface area contributed by atoms with Gasteiger partial charge in [0.05, 0.1) is 0 Å². The first-order valence-electron chi connectivity index (χ1n) is 9.58. The highest BCUT2D eigenvalue weighted by Crippen LogP contribution is 2.52. The van der Waals surface area contributed by atoms with Crippen LogP contribution >= 0.6 is 0 Å². The highest BCUT2D eigenvalue weighted by Gasteiger charge is 2.37. The Morgan fingerprint density at radius 3 is 2.28 bits per heavy atom. The van der Waals surface area contributed by atoms with Gasteiger partial charge in [0.1, 0.15) is 17.4 Å². The summed E-state index contributed by atoms with van der Waals surface area (Å²) in [6.07, 6.45) is 0.731. The van der Waals surface area contributed by atoms with E-state index in [1.807, 2.05) is 25.1 Å². The lowest BCUT2D eigenvalue weighted by molar-refractivity contribution is -0.274. The van der Waals surface area contributed by atoms with Gasteiger partial charge in [0.25, 0.3) is 0 Å².